The number of aliphatic hydroxyl groups is 1. The number of nitrogens with zero attached hydrogens (tertiary/aromatic N) is 1. The lowest BCUT2D eigenvalue weighted by Gasteiger charge is -2.33. The maximum absolute atomic E-state index is 12.1. The first-order valence-corrected chi connectivity index (χ1v) is 7.70. The van der Waals surface area contributed by atoms with Gasteiger partial charge in [0.15, 0.2) is 0 Å². The van der Waals surface area contributed by atoms with Crippen LogP contribution >= 0.6 is 0 Å². The minimum atomic E-state index is -0.347. The highest BCUT2D eigenvalue weighted by Crippen LogP contribution is 2.18. The molecule has 1 rings (SSSR count). The summed E-state index contributed by atoms with van der Waals surface area (Å²) in [4.78, 5) is 25.8. The number of rotatable bonds is 6. The Kier molecular flexibility index (Phi) is 6.99. The Morgan fingerprint density at radius 2 is 2.10 bits per heavy atom. The van der Waals surface area contributed by atoms with Gasteiger partial charge < -0.3 is 15.3 Å². The van der Waals surface area contributed by atoms with Gasteiger partial charge >= 0.3 is 0 Å². The van der Waals surface area contributed by atoms with Crippen LogP contribution in [0.5, 0.6) is 0 Å². The molecular formula is C15H28N2O3. The molecule has 0 saturated carbocycles. The predicted molar refractivity (Wildman–Crippen MR) is 78.1 cm³/mol. The Labute approximate surface area is 121 Å². The molecule has 0 spiro atoms. The van der Waals surface area contributed by atoms with Crippen molar-refractivity contribution >= 4 is 11.8 Å². The van der Waals surface area contributed by atoms with Crippen molar-refractivity contribution in [2.24, 2.45) is 11.8 Å². The summed E-state index contributed by atoms with van der Waals surface area (Å²) in [6.45, 7) is 7.48. The third-order valence-electron chi connectivity index (χ3n) is 3.85. The number of nitrogens with one attached hydrogen (secondary N) is 1. The molecule has 0 aromatic heterocycles. The Balaban J connectivity index is 2.38. The van der Waals surface area contributed by atoms with Gasteiger partial charge in [-0.1, -0.05) is 20.8 Å². The number of hydrogen-bond acceptors (Lipinski definition) is 3. The Bertz CT molecular complexity index is 331. The van der Waals surface area contributed by atoms with Crippen LogP contribution in [-0.2, 0) is 9.59 Å². The van der Waals surface area contributed by atoms with Gasteiger partial charge in [0.25, 0.3) is 0 Å². The third-order valence-corrected chi connectivity index (χ3v) is 3.85. The van der Waals surface area contributed by atoms with Gasteiger partial charge in [-0.05, 0) is 25.7 Å². The molecule has 0 bridgehead atoms. The van der Waals surface area contributed by atoms with E-state index in [0.29, 0.717) is 25.9 Å². The molecule has 1 saturated heterocycles. The average Bonchev–Trinajstić information content (AvgIpc) is 2.46. The van der Waals surface area contributed by atoms with Crippen LogP contribution in [0.3, 0.4) is 0 Å². The summed E-state index contributed by atoms with van der Waals surface area (Å²) in [6, 6.07) is 0. The molecule has 5 nitrogen and oxygen atoms in total. The van der Waals surface area contributed by atoms with Crippen LogP contribution in [0.2, 0.25) is 0 Å². The van der Waals surface area contributed by atoms with E-state index in [-0.39, 0.29) is 29.8 Å². The van der Waals surface area contributed by atoms with E-state index in [9.17, 15) is 14.7 Å². The van der Waals surface area contributed by atoms with Gasteiger partial charge in [0.2, 0.25) is 11.8 Å². The van der Waals surface area contributed by atoms with E-state index in [1.165, 1.54) is 0 Å². The first kappa shape index (κ1) is 17.0. The van der Waals surface area contributed by atoms with Crippen molar-refractivity contribution in [3.63, 3.8) is 0 Å². The molecule has 116 valence electrons. The van der Waals surface area contributed by atoms with E-state index in [1.54, 1.807) is 4.90 Å². The topological polar surface area (TPSA) is 69.6 Å². The van der Waals surface area contributed by atoms with Gasteiger partial charge in [0.05, 0.1) is 12.0 Å². The third kappa shape index (κ3) is 5.12. The highest BCUT2D eigenvalue weighted by Gasteiger charge is 2.29. The van der Waals surface area contributed by atoms with E-state index >= 15 is 0 Å². The van der Waals surface area contributed by atoms with E-state index in [2.05, 4.69) is 5.32 Å². The minimum absolute atomic E-state index is 0.00885. The summed E-state index contributed by atoms with van der Waals surface area (Å²) in [5.74, 6) is 0.0141. The smallest absolute Gasteiger partial charge is 0.225 e. The fourth-order valence-corrected chi connectivity index (χ4v) is 2.47. The first-order valence-electron chi connectivity index (χ1n) is 7.70. The molecule has 2 unspecified atom stereocenters. The van der Waals surface area contributed by atoms with Crippen molar-refractivity contribution in [2.75, 3.05) is 19.6 Å². The molecule has 1 aliphatic rings. The Hall–Kier alpha value is -1.10. The number of amides is 2. The highest BCUT2D eigenvalue weighted by molar-refractivity contribution is 5.82. The number of carbonyl (C=O) groups excluding carboxylic acids is 2. The molecule has 0 radical (unpaired) electrons. The van der Waals surface area contributed by atoms with Crippen LogP contribution in [0.25, 0.3) is 0 Å². The molecular weight excluding hydrogens is 256 g/mol. The zero-order valence-electron chi connectivity index (χ0n) is 12.9. The number of likely N-dealkylation sites (tertiary alicyclic amines) is 1. The van der Waals surface area contributed by atoms with Gasteiger partial charge in [-0.15, -0.1) is 0 Å². The largest absolute Gasteiger partial charge is 0.393 e. The molecule has 0 aromatic carbocycles. The summed E-state index contributed by atoms with van der Waals surface area (Å²) in [5, 5.41) is 12.3. The molecule has 1 fully saturated rings. The second-order valence-electron chi connectivity index (χ2n) is 5.92. The number of piperidine rings is 1. The zero-order valence-corrected chi connectivity index (χ0v) is 12.9. The summed E-state index contributed by atoms with van der Waals surface area (Å²) < 4.78 is 0. The molecule has 2 amide bonds. The lowest BCUT2D eigenvalue weighted by atomic mass is 9.96. The van der Waals surface area contributed by atoms with Crippen LogP contribution in [-0.4, -0.2) is 47.6 Å². The summed E-state index contributed by atoms with van der Waals surface area (Å²) in [5.41, 5.74) is 0. The Morgan fingerprint density at radius 1 is 1.40 bits per heavy atom. The van der Waals surface area contributed by atoms with E-state index in [0.717, 1.165) is 19.4 Å². The van der Waals surface area contributed by atoms with E-state index in [1.807, 2.05) is 20.8 Å². The molecule has 20 heavy (non-hydrogen) atoms. The second-order valence-corrected chi connectivity index (χ2v) is 5.92. The van der Waals surface area contributed by atoms with Crippen molar-refractivity contribution in [2.45, 2.75) is 52.6 Å². The van der Waals surface area contributed by atoms with Gasteiger partial charge in [-0.2, -0.15) is 0 Å². The van der Waals surface area contributed by atoms with Gasteiger partial charge in [-0.3, -0.25) is 9.59 Å². The standard InChI is InChI=1S/C15H28N2O3/c1-4-13(18)7-8-16-14(19)12-6-5-9-17(10-12)15(20)11(2)3/h11-13,18H,4-10H2,1-3H3,(H,16,19). The fourth-order valence-electron chi connectivity index (χ4n) is 2.47. The average molecular weight is 284 g/mol. The first-order chi connectivity index (χ1) is 9.45. The second kappa shape index (κ2) is 8.25. The summed E-state index contributed by atoms with van der Waals surface area (Å²) in [6.07, 6.45) is 2.67. The van der Waals surface area contributed by atoms with Crippen LogP contribution in [0.15, 0.2) is 0 Å². The SMILES string of the molecule is CCC(O)CCNC(=O)C1CCCN(C(=O)C(C)C)C1. The number of carbonyl (C=O) groups is 2. The summed E-state index contributed by atoms with van der Waals surface area (Å²) in [7, 11) is 0. The molecule has 1 heterocycles. The lowest BCUT2D eigenvalue weighted by Crippen LogP contribution is -2.46. The van der Waals surface area contributed by atoms with Crippen molar-refractivity contribution in [3.8, 4) is 0 Å². The van der Waals surface area contributed by atoms with Gasteiger partial charge in [0, 0.05) is 25.6 Å². The monoisotopic (exact) mass is 284 g/mol. The van der Waals surface area contributed by atoms with Crippen LogP contribution < -0.4 is 5.32 Å². The zero-order chi connectivity index (χ0) is 15.1. The van der Waals surface area contributed by atoms with Crippen LogP contribution in [0, 0.1) is 11.8 Å². The number of aliphatic hydroxyl groups excluding tert-OH is 1. The molecule has 1 aliphatic heterocycles. The normalized spacial score (nSPS) is 20.9. The summed E-state index contributed by atoms with van der Waals surface area (Å²) >= 11 is 0. The fraction of sp³-hybridized carbons (Fsp3) is 0.867. The highest BCUT2D eigenvalue weighted by atomic mass is 16.3. The van der Waals surface area contributed by atoms with E-state index in [4.69, 9.17) is 0 Å². The lowest BCUT2D eigenvalue weighted by molar-refractivity contribution is -0.138. The van der Waals surface area contributed by atoms with Crippen molar-refractivity contribution in [1.82, 2.24) is 10.2 Å². The van der Waals surface area contributed by atoms with Crippen molar-refractivity contribution in [3.05, 3.63) is 0 Å². The quantitative estimate of drug-likeness (QED) is 0.769. The van der Waals surface area contributed by atoms with Crippen molar-refractivity contribution in [1.29, 1.82) is 0 Å². The van der Waals surface area contributed by atoms with Crippen LogP contribution in [0.4, 0.5) is 0 Å². The molecule has 2 N–H and O–H groups in total. The molecule has 0 aromatic rings. The number of hydrogen-bond donors (Lipinski definition) is 2. The predicted octanol–water partition coefficient (Wildman–Crippen LogP) is 1.16. The molecule has 2 atom stereocenters. The molecule has 5 heteroatoms. The van der Waals surface area contributed by atoms with E-state index < -0.39 is 0 Å². The van der Waals surface area contributed by atoms with Gasteiger partial charge in [0.1, 0.15) is 0 Å². The van der Waals surface area contributed by atoms with Gasteiger partial charge in [-0.25, -0.2) is 0 Å². The van der Waals surface area contributed by atoms with Crippen LogP contribution in [0.1, 0.15) is 46.5 Å². The van der Waals surface area contributed by atoms with Crippen molar-refractivity contribution < 1.29 is 14.7 Å². The Morgan fingerprint density at radius 3 is 2.70 bits per heavy atom. The minimum Gasteiger partial charge on any atom is -0.393 e. The molecule has 0 aliphatic carbocycles. The maximum atomic E-state index is 12.1. The maximum Gasteiger partial charge on any atom is 0.225 e.